The van der Waals surface area contributed by atoms with Gasteiger partial charge >= 0.3 is 0 Å². The van der Waals surface area contributed by atoms with Gasteiger partial charge in [0.2, 0.25) is 5.91 Å². The number of fused-ring (bicyclic) bond motifs is 1. The summed E-state index contributed by atoms with van der Waals surface area (Å²) >= 11 is 5.22. The first-order valence-electron chi connectivity index (χ1n) is 7.93. The van der Waals surface area contributed by atoms with Crippen molar-refractivity contribution in [1.82, 2.24) is 10.3 Å². The molecule has 1 aromatic heterocycles. The standard InChI is InChI=1S/C19H19BrN2OS/c20-16-6-2-4-8-18(16)24-12-10-19(23)21-11-9-14-13-22-17-7-3-1-5-15(14)17/h1-8,13,22H,9-12H2,(H,21,23). The van der Waals surface area contributed by atoms with E-state index in [1.807, 2.05) is 36.5 Å². The van der Waals surface area contributed by atoms with Crippen LogP contribution in [0.3, 0.4) is 0 Å². The van der Waals surface area contributed by atoms with Crippen molar-refractivity contribution in [2.24, 2.45) is 0 Å². The summed E-state index contributed by atoms with van der Waals surface area (Å²) in [4.78, 5) is 16.4. The fourth-order valence-corrected chi connectivity index (χ4v) is 4.10. The molecule has 0 spiro atoms. The number of carbonyl (C=O) groups excluding carboxylic acids is 1. The van der Waals surface area contributed by atoms with Crippen LogP contribution in [-0.2, 0) is 11.2 Å². The Labute approximate surface area is 154 Å². The Morgan fingerprint density at radius 3 is 2.79 bits per heavy atom. The third kappa shape index (κ3) is 4.42. The van der Waals surface area contributed by atoms with Crippen LogP contribution < -0.4 is 5.32 Å². The van der Waals surface area contributed by atoms with E-state index in [4.69, 9.17) is 0 Å². The molecular formula is C19H19BrN2OS. The van der Waals surface area contributed by atoms with Gasteiger partial charge in [-0.2, -0.15) is 0 Å². The third-order valence-corrected chi connectivity index (χ3v) is 5.84. The number of para-hydroxylation sites is 1. The lowest BCUT2D eigenvalue weighted by Crippen LogP contribution is -2.25. The molecule has 0 fully saturated rings. The highest BCUT2D eigenvalue weighted by molar-refractivity contribution is 9.10. The Hall–Kier alpha value is -1.72. The largest absolute Gasteiger partial charge is 0.361 e. The van der Waals surface area contributed by atoms with Gasteiger partial charge in [-0.05, 0) is 46.1 Å². The minimum atomic E-state index is 0.106. The van der Waals surface area contributed by atoms with E-state index < -0.39 is 0 Å². The molecule has 0 aliphatic heterocycles. The Morgan fingerprint density at radius 2 is 1.92 bits per heavy atom. The summed E-state index contributed by atoms with van der Waals surface area (Å²) < 4.78 is 1.08. The van der Waals surface area contributed by atoms with Crippen LogP contribution in [0.2, 0.25) is 0 Å². The monoisotopic (exact) mass is 402 g/mol. The Bertz CT molecular complexity index is 831. The van der Waals surface area contributed by atoms with Crippen LogP contribution in [0.1, 0.15) is 12.0 Å². The first-order chi connectivity index (χ1) is 11.7. The van der Waals surface area contributed by atoms with E-state index >= 15 is 0 Å². The van der Waals surface area contributed by atoms with Gasteiger partial charge in [-0.3, -0.25) is 4.79 Å². The van der Waals surface area contributed by atoms with Gasteiger partial charge in [-0.25, -0.2) is 0 Å². The first-order valence-corrected chi connectivity index (χ1v) is 9.71. The molecule has 1 heterocycles. The van der Waals surface area contributed by atoms with E-state index in [0.717, 1.165) is 22.2 Å². The molecule has 3 nitrogen and oxygen atoms in total. The van der Waals surface area contributed by atoms with Gasteiger partial charge in [-0.15, -0.1) is 11.8 Å². The van der Waals surface area contributed by atoms with E-state index in [9.17, 15) is 4.79 Å². The van der Waals surface area contributed by atoms with Crippen LogP contribution in [0.5, 0.6) is 0 Å². The zero-order valence-electron chi connectivity index (χ0n) is 13.2. The van der Waals surface area contributed by atoms with Gasteiger partial charge in [0.1, 0.15) is 0 Å². The number of aromatic nitrogens is 1. The lowest BCUT2D eigenvalue weighted by molar-refractivity contribution is -0.120. The topological polar surface area (TPSA) is 44.9 Å². The second-order valence-electron chi connectivity index (χ2n) is 5.49. The highest BCUT2D eigenvalue weighted by Crippen LogP contribution is 2.27. The summed E-state index contributed by atoms with van der Waals surface area (Å²) in [6.45, 7) is 0.667. The highest BCUT2D eigenvalue weighted by atomic mass is 79.9. The predicted octanol–water partition coefficient (Wildman–Crippen LogP) is 4.77. The molecule has 0 atom stereocenters. The Morgan fingerprint density at radius 1 is 1.12 bits per heavy atom. The Balaban J connectivity index is 1.41. The average molecular weight is 403 g/mol. The van der Waals surface area contributed by atoms with Crippen molar-refractivity contribution in [3.63, 3.8) is 0 Å². The minimum Gasteiger partial charge on any atom is -0.361 e. The summed E-state index contributed by atoms with van der Waals surface area (Å²) in [5.41, 5.74) is 2.39. The summed E-state index contributed by atoms with van der Waals surface area (Å²) in [7, 11) is 0. The van der Waals surface area contributed by atoms with Crippen LogP contribution >= 0.6 is 27.7 Å². The summed E-state index contributed by atoms with van der Waals surface area (Å²) in [5, 5.41) is 4.24. The van der Waals surface area contributed by atoms with E-state index in [0.29, 0.717) is 13.0 Å². The zero-order valence-corrected chi connectivity index (χ0v) is 15.6. The number of hydrogen-bond donors (Lipinski definition) is 2. The number of carbonyl (C=O) groups is 1. The highest BCUT2D eigenvalue weighted by Gasteiger charge is 2.06. The van der Waals surface area contributed by atoms with Crippen LogP contribution in [0, 0.1) is 0 Å². The number of nitrogens with one attached hydrogen (secondary N) is 2. The predicted molar refractivity (Wildman–Crippen MR) is 104 cm³/mol. The van der Waals surface area contributed by atoms with Crippen molar-refractivity contribution in [3.8, 4) is 0 Å². The second-order valence-corrected chi connectivity index (χ2v) is 7.48. The molecule has 3 aromatic rings. The number of hydrogen-bond acceptors (Lipinski definition) is 2. The molecule has 0 aliphatic carbocycles. The molecule has 1 amide bonds. The molecule has 0 bridgehead atoms. The van der Waals surface area contributed by atoms with Crippen molar-refractivity contribution >= 4 is 44.5 Å². The molecule has 0 unspecified atom stereocenters. The third-order valence-electron chi connectivity index (χ3n) is 3.81. The second kappa shape index (κ2) is 8.40. The normalized spacial score (nSPS) is 10.9. The minimum absolute atomic E-state index is 0.106. The van der Waals surface area contributed by atoms with Crippen LogP contribution in [-0.4, -0.2) is 23.2 Å². The van der Waals surface area contributed by atoms with Crippen LogP contribution in [0.25, 0.3) is 10.9 Å². The molecule has 2 N–H and O–H groups in total. The fraction of sp³-hybridized carbons (Fsp3) is 0.211. The quantitative estimate of drug-likeness (QED) is 0.558. The summed E-state index contributed by atoms with van der Waals surface area (Å²) in [6.07, 6.45) is 3.40. The van der Waals surface area contributed by atoms with E-state index in [2.05, 4.69) is 44.4 Å². The maximum Gasteiger partial charge on any atom is 0.220 e. The first kappa shape index (κ1) is 17.1. The number of amides is 1. The number of aromatic amines is 1. The number of thioether (sulfide) groups is 1. The van der Waals surface area contributed by atoms with Gasteiger partial charge in [0.25, 0.3) is 0 Å². The molecule has 3 rings (SSSR count). The van der Waals surface area contributed by atoms with Crippen molar-refractivity contribution < 1.29 is 4.79 Å². The maximum absolute atomic E-state index is 12.0. The van der Waals surface area contributed by atoms with Crippen molar-refractivity contribution in [3.05, 3.63) is 64.8 Å². The SMILES string of the molecule is O=C(CCSc1ccccc1Br)NCCc1c[nH]c2ccccc12. The zero-order chi connectivity index (χ0) is 16.8. The lowest BCUT2D eigenvalue weighted by Gasteiger charge is -2.06. The van der Waals surface area contributed by atoms with E-state index in [1.54, 1.807) is 11.8 Å². The summed E-state index contributed by atoms with van der Waals surface area (Å²) in [5.74, 6) is 0.885. The summed E-state index contributed by atoms with van der Waals surface area (Å²) in [6, 6.07) is 16.3. The maximum atomic E-state index is 12.0. The fourth-order valence-electron chi connectivity index (χ4n) is 2.58. The smallest absolute Gasteiger partial charge is 0.220 e. The molecule has 5 heteroatoms. The number of H-pyrrole nitrogens is 1. The lowest BCUT2D eigenvalue weighted by atomic mass is 10.1. The molecule has 0 saturated carbocycles. The molecule has 0 aliphatic rings. The average Bonchev–Trinajstić information content (AvgIpc) is 3.00. The molecule has 2 aromatic carbocycles. The number of halogens is 1. The van der Waals surface area contributed by atoms with Crippen LogP contribution in [0.4, 0.5) is 0 Å². The van der Waals surface area contributed by atoms with Crippen molar-refractivity contribution in [1.29, 1.82) is 0 Å². The molecular weight excluding hydrogens is 384 g/mol. The van der Waals surface area contributed by atoms with E-state index in [-0.39, 0.29) is 5.91 Å². The van der Waals surface area contributed by atoms with Crippen molar-refractivity contribution in [2.45, 2.75) is 17.7 Å². The van der Waals surface area contributed by atoms with Gasteiger partial charge in [-0.1, -0.05) is 30.3 Å². The van der Waals surface area contributed by atoms with Crippen LogP contribution in [0.15, 0.2) is 64.1 Å². The van der Waals surface area contributed by atoms with E-state index in [1.165, 1.54) is 15.8 Å². The molecule has 0 radical (unpaired) electrons. The van der Waals surface area contributed by atoms with Gasteiger partial charge in [0, 0.05) is 45.2 Å². The van der Waals surface area contributed by atoms with Gasteiger partial charge in [0.05, 0.1) is 0 Å². The number of rotatable bonds is 7. The molecule has 24 heavy (non-hydrogen) atoms. The van der Waals surface area contributed by atoms with Gasteiger partial charge in [0.15, 0.2) is 0 Å². The number of benzene rings is 2. The molecule has 124 valence electrons. The Kier molecular flexibility index (Phi) is 5.99. The van der Waals surface area contributed by atoms with Crippen molar-refractivity contribution in [2.75, 3.05) is 12.3 Å². The molecule has 0 saturated heterocycles. The van der Waals surface area contributed by atoms with Gasteiger partial charge < -0.3 is 10.3 Å².